The number of carbonyl (C=O) groups is 1. The molecule has 4 aromatic rings. The first kappa shape index (κ1) is 23.1. The van der Waals surface area contributed by atoms with Gasteiger partial charge in [0.15, 0.2) is 11.6 Å². The Bertz CT molecular complexity index is 1250. The molecule has 11 heteroatoms. The minimum atomic E-state index is -4.51. The molecule has 0 atom stereocenters. The van der Waals surface area contributed by atoms with Crippen molar-refractivity contribution < 1.29 is 31.9 Å². The van der Waals surface area contributed by atoms with E-state index in [1.807, 2.05) is 0 Å². The lowest BCUT2D eigenvalue weighted by Gasteiger charge is -2.10. The lowest BCUT2D eigenvalue weighted by atomic mass is 10.1. The highest BCUT2D eigenvalue weighted by Gasteiger charge is 2.31. The van der Waals surface area contributed by atoms with Crippen LogP contribution < -0.4 is 10.1 Å². The first-order valence-corrected chi connectivity index (χ1v) is 10.1. The molecule has 1 N–H and O–H groups in total. The van der Waals surface area contributed by atoms with Crippen LogP contribution in [0.4, 0.5) is 18.9 Å². The zero-order valence-corrected chi connectivity index (χ0v) is 17.9. The molecule has 0 aliphatic carbocycles. The normalized spacial score (nSPS) is 11.4. The lowest BCUT2D eigenvalue weighted by Crippen LogP contribution is -2.11. The van der Waals surface area contributed by atoms with E-state index in [1.54, 1.807) is 30.3 Å². The summed E-state index contributed by atoms with van der Waals surface area (Å²) in [6.07, 6.45) is -3.11. The van der Waals surface area contributed by atoms with Gasteiger partial charge in [0, 0.05) is 18.4 Å². The van der Waals surface area contributed by atoms with Gasteiger partial charge in [0.1, 0.15) is 6.61 Å². The van der Waals surface area contributed by atoms with E-state index in [0.717, 1.165) is 12.1 Å². The summed E-state index contributed by atoms with van der Waals surface area (Å²) in [7, 11) is 1.51. The Morgan fingerprint density at radius 2 is 1.88 bits per heavy atom. The molecule has 8 nitrogen and oxygen atoms in total. The zero-order chi connectivity index (χ0) is 24.1. The second-order valence-electron chi connectivity index (χ2n) is 7.03. The van der Waals surface area contributed by atoms with Gasteiger partial charge in [0.2, 0.25) is 0 Å². The van der Waals surface area contributed by atoms with Crippen molar-refractivity contribution in [2.24, 2.45) is 0 Å². The van der Waals surface area contributed by atoms with Crippen LogP contribution in [0.3, 0.4) is 0 Å². The predicted octanol–water partition coefficient (Wildman–Crippen LogP) is 4.82. The van der Waals surface area contributed by atoms with Gasteiger partial charge in [-0.05, 0) is 48.5 Å². The number of nitrogens with zero attached hydrogens (tertiary/aromatic N) is 3. The Kier molecular flexibility index (Phi) is 6.64. The fourth-order valence-corrected chi connectivity index (χ4v) is 3.06. The Balaban J connectivity index is 1.65. The first-order chi connectivity index (χ1) is 16.3. The van der Waals surface area contributed by atoms with Gasteiger partial charge in [-0.15, -0.1) is 5.10 Å². The standard InChI is InChI=1S/C23H19F3N4O4/c1-32-12-13-34-22-28-20(15-4-2-5-16(14-15)23(24,25)26)30(29-22)18-9-7-17(8-10-18)27-21(31)19-6-3-11-33-19/h2-11,14H,12-13H2,1H3,(H,27,31). The Morgan fingerprint density at radius 3 is 2.56 bits per heavy atom. The quantitative estimate of drug-likeness (QED) is 0.370. The van der Waals surface area contributed by atoms with Gasteiger partial charge in [0.25, 0.3) is 5.91 Å². The Hall–Kier alpha value is -4.12. The molecular weight excluding hydrogens is 453 g/mol. The second kappa shape index (κ2) is 9.79. The van der Waals surface area contributed by atoms with E-state index in [2.05, 4.69) is 15.4 Å². The van der Waals surface area contributed by atoms with Crippen molar-refractivity contribution in [2.75, 3.05) is 25.6 Å². The molecule has 0 radical (unpaired) electrons. The number of rotatable bonds is 8. The molecule has 0 saturated heterocycles. The summed E-state index contributed by atoms with van der Waals surface area (Å²) >= 11 is 0. The fraction of sp³-hybridized carbons (Fsp3) is 0.174. The number of aromatic nitrogens is 3. The van der Waals surface area contributed by atoms with Crippen molar-refractivity contribution in [3.63, 3.8) is 0 Å². The van der Waals surface area contributed by atoms with Gasteiger partial charge in [-0.2, -0.15) is 18.2 Å². The number of methoxy groups -OCH3 is 1. The molecular formula is C23H19F3N4O4. The Labute approximate surface area is 191 Å². The van der Waals surface area contributed by atoms with Crippen LogP contribution in [-0.2, 0) is 10.9 Å². The number of furan rings is 1. The molecule has 1 amide bonds. The average Bonchev–Trinajstić information content (AvgIpc) is 3.50. The zero-order valence-electron chi connectivity index (χ0n) is 17.9. The van der Waals surface area contributed by atoms with Crippen LogP contribution in [0.1, 0.15) is 16.1 Å². The SMILES string of the molecule is COCCOc1nc(-c2cccc(C(F)(F)F)c2)n(-c2ccc(NC(=O)c3ccco3)cc2)n1. The van der Waals surface area contributed by atoms with Gasteiger partial charge in [0.05, 0.1) is 24.1 Å². The first-order valence-electron chi connectivity index (χ1n) is 10.1. The van der Waals surface area contributed by atoms with E-state index in [0.29, 0.717) is 11.4 Å². The fourth-order valence-electron chi connectivity index (χ4n) is 3.06. The molecule has 176 valence electrons. The van der Waals surface area contributed by atoms with E-state index in [9.17, 15) is 18.0 Å². The van der Waals surface area contributed by atoms with Gasteiger partial charge in [-0.1, -0.05) is 12.1 Å². The number of amides is 1. The molecule has 2 aromatic carbocycles. The number of benzene rings is 2. The summed E-state index contributed by atoms with van der Waals surface area (Å²) in [4.78, 5) is 16.4. The lowest BCUT2D eigenvalue weighted by molar-refractivity contribution is -0.137. The highest BCUT2D eigenvalue weighted by Crippen LogP contribution is 2.33. The van der Waals surface area contributed by atoms with Crippen LogP contribution in [0.5, 0.6) is 6.01 Å². The third-order valence-electron chi connectivity index (χ3n) is 4.67. The van der Waals surface area contributed by atoms with Crippen molar-refractivity contribution in [1.82, 2.24) is 14.8 Å². The third kappa shape index (κ3) is 5.26. The number of ether oxygens (including phenoxy) is 2. The number of hydrogen-bond acceptors (Lipinski definition) is 6. The summed E-state index contributed by atoms with van der Waals surface area (Å²) in [5.74, 6) is -0.104. The van der Waals surface area contributed by atoms with Gasteiger partial charge < -0.3 is 19.2 Å². The number of halogens is 3. The molecule has 4 rings (SSSR count). The second-order valence-corrected chi connectivity index (χ2v) is 7.03. The molecule has 0 bridgehead atoms. The van der Waals surface area contributed by atoms with Crippen molar-refractivity contribution in [3.05, 3.63) is 78.3 Å². The summed E-state index contributed by atoms with van der Waals surface area (Å²) in [5, 5.41) is 6.99. The van der Waals surface area contributed by atoms with Crippen molar-refractivity contribution >= 4 is 11.6 Å². The maximum absolute atomic E-state index is 13.2. The average molecular weight is 472 g/mol. The van der Waals surface area contributed by atoms with E-state index in [-0.39, 0.29) is 36.4 Å². The van der Waals surface area contributed by atoms with E-state index in [1.165, 1.54) is 36.3 Å². The summed E-state index contributed by atoms with van der Waals surface area (Å²) < 4.78 is 56.6. The number of hydrogen-bond donors (Lipinski definition) is 1. The summed E-state index contributed by atoms with van der Waals surface area (Å²) in [6.45, 7) is 0.456. The van der Waals surface area contributed by atoms with Crippen molar-refractivity contribution in [1.29, 1.82) is 0 Å². The van der Waals surface area contributed by atoms with E-state index < -0.39 is 17.6 Å². The molecule has 2 aromatic heterocycles. The van der Waals surface area contributed by atoms with Crippen LogP contribution in [-0.4, -0.2) is 41.0 Å². The smallest absolute Gasteiger partial charge is 0.416 e. The van der Waals surface area contributed by atoms with Gasteiger partial charge >= 0.3 is 12.2 Å². The number of nitrogens with one attached hydrogen (secondary N) is 1. The number of alkyl halides is 3. The van der Waals surface area contributed by atoms with Crippen LogP contribution >= 0.6 is 0 Å². The largest absolute Gasteiger partial charge is 0.460 e. The molecule has 0 fully saturated rings. The minimum absolute atomic E-state index is 0.0142. The van der Waals surface area contributed by atoms with Crippen molar-refractivity contribution in [3.8, 4) is 23.1 Å². The van der Waals surface area contributed by atoms with Crippen LogP contribution in [0.15, 0.2) is 71.3 Å². The van der Waals surface area contributed by atoms with Gasteiger partial charge in [-0.25, -0.2) is 4.68 Å². The topological polar surface area (TPSA) is 91.4 Å². The Morgan fingerprint density at radius 1 is 1.09 bits per heavy atom. The van der Waals surface area contributed by atoms with E-state index in [4.69, 9.17) is 13.9 Å². The molecule has 0 spiro atoms. The van der Waals surface area contributed by atoms with Gasteiger partial charge in [-0.3, -0.25) is 4.79 Å². The molecule has 0 aliphatic rings. The summed E-state index contributed by atoms with van der Waals surface area (Å²) in [5.41, 5.74) is 0.386. The highest BCUT2D eigenvalue weighted by atomic mass is 19.4. The molecule has 2 heterocycles. The maximum atomic E-state index is 13.2. The van der Waals surface area contributed by atoms with Crippen LogP contribution in [0, 0.1) is 0 Å². The number of carbonyl (C=O) groups excluding carboxylic acids is 1. The van der Waals surface area contributed by atoms with Crippen LogP contribution in [0.25, 0.3) is 17.1 Å². The maximum Gasteiger partial charge on any atom is 0.416 e. The molecule has 0 aliphatic heterocycles. The van der Waals surface area contributed by atoms with Crippen LogP contribution in [0.2, 0.25) is 0 Å². The molecule has 0 saturated carbocycles. The predicted molar refractivity (Wildman–Crippen MR) is 116 cm³/mol. The summed E-state index contributed by atoms with van der Waals surface area (Å²) in [6, 6.07) is 14.4. The highest BCUT2D eigenvalue weighted by molar-refractivity contribution is 6.02. The molecule has 0 unspecified atom stereocenters. The molecule has 34 heavy (non-hydrogen) atoms. The minimum Gasteiger partial charge on any atom is -0.460 e. The number of anilines is 1. The van der Waals surface area contributed by atoms with Crippen molar-refractivity contribution in [2.45, 2.75) is 6.18 Å². The van der Waals surface area contributed by atoms with E-state index >= 15 is 0 Å². The monoisotopic (exact) mass is 472 g/mol. The third-order valence-corrected chi connectivity index (χ3v) is 4.67.